The maximum absolute atomic E-state index is 12.3. The van der Waals surface area contributed by atoms with Gasteiger partial charge in [0.25, 0.3) is 0 Å². The largest absolute Gasteiger partial charge is 0.506 e. The van der Waals surface area contributed by atoms with Gasteiger partial charge in [0.2, 0.25) is 0 Å². The molecule has 0 unspecified atom stereocenters. The maximum atomic E-state index is 12.3. The Bertz CT molecular complexity index is 1020. The number of pyridine rings is 1. The predicted octanol–water partition coefficient (Wildman–Crippen LogP) is 2.33. The van der Waals surface area contributed by atoms with E-state index in [0.717, 1.165) is 0 Å². The molecule has 1 aromatic carbocycles. The van der Waals surface area contributed by atoms with Gasteiger partial charge in [0, 0.05) is 24.5 Å². The summed E-state index contributed by atoms with van der Waals surface area (Å²) in [5.41, 5.74) is 0.758. The first-order valence-corrected chi connectivity index (χ1v) is 8.10. The lowest BCUT2D eigenvalue weighted by Gasteiger charge is -2.25. The minimum Gasteiger partial charge on any atom is -0.506 e. The fourth-order valence-electron chi connectivity index (χ4n) is 3.20. The van der Waals surface area contributed by atoms with Crippen LogP contribution < -0.4 is 4.74 Å². The van der Waals surface area contributed by atoms with Crippen LogP contribution in [0.4, 0.5) is 4.79 Å². The zero-order valence-corrected chi connectivity index (χ0v) is 13.7. The second-order valence-electron chi connectivity index (χ2n) is 5.94. The van der Waals surface area contributed by atoms with Crippen molar-refractivity contribution in [1.29, 1.82) is 0 Å². The van der Waals surface area contributed by atoms with Gasteiger partial charge in [-0.25, -0.2) is 9.59 Å². The number of carboxylic acid groups (broad SMARTS) is 1. The number of ether oxygens (including phenoxy) is 2. The predicted molar refractivity (Wildman–Crippen MR) is 91.9 cm³/mol. The summed E-state index contributed by atoms with van der Waals surface area (Å²) in [5.74, 6) is -1.29. The van der Waals surface area contributed by atoms with E-state index >= 15 is 0 Å². The van der Waals surface area contributed by atoms with Gasteiger partial charge in [0.1, 0.15) is 11.3 Å². The van der Waals surface area contributed by atoms with Crippen molar-refractivity contribution >= 4 is 28.5 Å². The molecule has 2 N–H and O–H groups in total. The summed E-state index contributed by atoms with van der Waals surface area (Å²) >= 11 is 0. The lowest BCUT2D eigenvalue weighted by molar-refractivity contribution is 0.0415. The molecule has 0 radical (unpaired) electrons. The van der Waals surface area contributed by atoms with Crippen LogP contribution in [-0.2, 0) is 4.74 Å². The molecular weight excluding hydrogens is 340 g/mol. The molecule has 3 heterocycles. The number of carbonyl (C=O) groups excluding carboxylic acids is 1. The monoisotopic (exact) mass is 356 g/mol. The Labute approximate surface area is 147 Å². The highest BCUT2D eigenvalue weighted by Gasteiger charge is 2.23. The van der Waals surface area contributed by atoms with E-state index in [9.17, 15) is 19.8 Å². The number of aromatic hydroxyl groups is 1. The summed E-state index contributed by atoms with van der Waals surface area (Å²) in [6.07, 6.45) is 0.962. The van der Waals surface area contributed by atoms with Gasteiger partial charge in [-0.15, -0.1) is 0 Å². The molecule has 8 nitrogen and oxygen atoms in total. The summed E-state index contributed by atoms with van der Waals surface area (Å²) in [6.45, 7) is 1.76. The van der Waals surface area contributed by atoms with Gasteiger partial charge in [-0.2, -0.15) is 0 Å². The Morgan fingerprint density at radius 1 is 1.15 bits per heavy atom. The van der Waals surface area contributed by atoms with Crippen molar-refractivity contribution < 1.29 is 29.3 Å². The molecule has 134 valence electrons. The Kier molecular flexibility index (Phi) is 3.89. The Hall–Kier alpha value is -3.26. The number of benzene rings is 1. The first-order chi connectivity index (χ1) is 12.6. The highest BCUT2D eigenvalue weighted by atomic mass is 16.6. The van der Waals surface area contributed by atoms with E-state index < -0.39 is 12.1 Å². The zero-order valence-electron chi connectivity index (χ0n) is 13.7. The molecule has 4 rings (SSSR count). The summed E-state index contributed by atoms with van der Waals surface area (Å²) < 4.78 is 12.1. The van der Waals surface area contributed by atoms with Crippen LogP contribution in [0.3, 0.4) is 0 Å². The van der Waals surface area contributed by atoms with Crippen molar-refractivity contribution in [3.8, 4) is 11.5 Å². The van der Waals surface area contributed by atoms with Gasteiger partial charge >= 0.3 is 12.1 Å². The van der Waals surface area contributed by atoms with Gasteiger partial charge < -0.3 is 29.0 Å². The maximum Gasteiger partial charge on any atom is 0.415 e. The molecule has 1 saturated heterocycles. The standard InChI is InChI=1S/C18H16N2O6/c21-14-9-11(26-18(24)19-5-7-25-8-6-19)10-20-13-4-2-1-3-12(13)15(16(14)20)17(22)23/h1-4,9-10,21H,5-8H2,(H,22,23). The van der Waals surface area contributed by atoms with Gasteiger partial charge in [0.15, 0.2) is 5.75 Å². The van der Waals surface area contributed by atoms with Crippen molar-refractivity contribution in [2.75, 3.05) is 26.3 Å². The summed E-state index contributed by atoms with van der Waals surface area (Å²) in [6, 6.07) is 8.15. The van der Waals surface area contributed by atoms with Crippen molar-refractivity contribution in [1.82, 2.24) is 9.30 Å². The SMILES string of the molecule is O=C(O)c1c2ccccc2n2cc(OC(=O)N3CCOCC3)cc(O)c12. The van der Waals surface area contributed by atoms with Crippen LogP contribution in [0.2, 0.25) is 0 Å². The third-order valence-corrected chi connectivity index (χ3v) is 4.38. The molecule has 26 heavy (non-hydrogen) atoms. The molecule has 0 spiro atoms. The fraction of sp³-hybridized carbons (Fsp3) is 0.222. The number of aromatic carboxylic acids is 1. The minimum absolute atomic E-state index is 0.00385. The number of para-hydroxylation sites is 1. The number of hydrogen-bond acceptors (Lipinski definition) is 5. The number of amides is 1. The fourth-order valence-corrected chi connectivity index (χ4v) is 3.20. The molecule has 1 aliphatic heterocycles. The molecule has 0 aliphatic carbocycles. The van der Waals surface area contributed by atoms with Crippen LogP contribution in [0.15, 0.2) is 36.5 Å². The van der Waals surface area contributed by atoms with Crippen LogP contribution in [-0.4, -0.2) is 57.9 Å². The molecule has 1 fully saturated rings. The van der Waals surface area contributed by atoms with Crippen LogP contribution in [0.1, 0.15) is 10.4 Å². The second-order valence-corrected chi connectivity index (χ2v) is 5.94. The molecule has 0 bridgehead atoms. The molecule has 0 saturated carbocycles. The van der Waals surface area contributed by atoms with E-state index in [1.165, 1.54) is 21.6 Å². The average Bonchev–Trinajstić information content (AvgIpc) is 2.98. The van der Waals surface area contributed by atoms with E-state index in [-0.39, 0.29) is 22.6 Å². The number of nitrogens with zero attached hydrogens (tertiary/aromatic N) is 2. The van der Waals surface area contributed by atoms with E-state index in [4.69, 9.17) is 9.47 Å². The van der Waals surface area contributed by atoms with Crippen molar-refractivity contribution in [3.63, 3.8) is 0 Å². The van der Waals surface area contributed by atoms with E-state index in [1.807, 2.05) is 0 Å². The van der Waals surface area contributed by atoms with Crippen molar-refractivity contribution in [2.24, 2.45) is 0 Å². The highest BCUT2D eigenvalue weighted by molar-refractivity contribution is 6.12. The van der Waals surface area contributed by atoms with Gasteiger partial charge in [-0.3, -0.25) is 0 Å². The number of hydrogen-bond donors (Lipinski definition) is 2. The number of aromatic nitrogens is 1. The molecule has 0 atom stereocenters. The third kappa shape index (κ3) is 2.60. The van der Waals surface area contributed by atoms with Crippen LogP contribution in [0.5, 0.6) is 11.5 Å². The lowest BCUT2D eigenvalue weighted by Crippen LogP contribution is -2.42. The minimum atomic E-state index is -1.14. The number of carbonyl (C=O) groups is 2. The smallest absolute Gasteiger partial charge is 0.415 e. The molecule has 1 aliphatic rings. The molecule has 3 aromatic rings. The number of fused-ring (bicyclic) bond motifs is 3. The Morgan fingerprint density at radius 2 is 1.88 bits per heavy atom. The quantitative estimate of drug-likeness (QED) is 0.731. The lowest BCUT2D eigenvalue weighted by atomic mass is 10.1. The number of morpholine rings is 1. The Morgan fingerprint density at radius 3 is 2.62 bits per heavy atom. The first-order valence-electron chi connectivity index (χ1n) is 8.10. The second kappa shape index (κ2) is 6.23. The van der Waals surface area contributed by atoms with Crippen LogP contribution in [0, 0.1) is 0 Å². The molecule has 1 amide bonds. The van der Waals surface area contributed by atoms with E-state index in [1.54, 1.807) is 24.3 Å². The van der Waals surface area contributed by atoms with Crippen molar-refractivity contribution in [2.45, 2.75) is 0 Å². The molecular formula is C18H16N2O6. The van der Waals surface area contributed by atoms with Crippen molar-refractivity contribution in [3.05, 3.63) is 42.1 Å². The Balaban J connectivity index is 1.80. The topological polar surface area (TPSA) is 101 Å². The molecule has 8 heteroatoms. The van der Waals surface area contributed by atoms with Gasteiger partial charge in [0.05, 0.1) is 30.5 Å². The number of rotatable bonds is 2. The molecule has 2 aromatic heterocycles. The summed E-state index contributed by atoms with van der Waals surface area (Å²) in [4.78, 5) is 25.5. The van der Waals surface area contributed by atoms with E-state index in [2.05, 4.69) is 0 Å². The van der Waals surface area contributed by atoms with Crippen LogP contribution in [0.25, 0.3) is 16.4 Å². The normalized spacial score (nSPS) is 14.7. The zero-order chi connectivity index (χ0) is 18.3. The van der Waals surface area contributed by atoms with Crippen LogP contribution >= 0.6 is 0 Å². The highest BCUT2D eigenvalue weighted by Crippen LogP contribution is 2.35. The summed E-state index contributed by atoms with van der Waals surface area (Å²) in [5, 5.41) is 20.4. The summed E-state index contributed by atoms with van der Waals surface area (Å²) in [7, 11) is 0. The van der Waals surface area contributed by atoms with Gasteiger partial charge in [-0.1, -0.05) is 18.2 Å². The number of carboxylic acids is 1. The third-order valence-electron chi connectivity index (χ3n) is 4.38. The first kappa shape index (κ1) is 16.2. The van der Waals surface area contributed by atoms with E-state index in [0.29, 0.717) is 37.2 Å². The average molecular weight is 356 g/mol. The van der Waals surface area contributed by atoms with Gasteiger partial charge in [-0.05, 0) is 6.07 Å².